The molecular formula is C23H22F3N5O3S. The van der Waals surface area contributed by atoms with Crippen molar-refractivity contribution in [3.8, 4) is 10.6 Å². The predicted octanol–water partition coefficient (Wildman–Crippen LogP) is 4.14. The van der Waals surface area contributed by atoms with Crippen molar-refractivity contribution in [1.29, 1.82) is 0 Å². The summed E-state index contributed by atoms with van der Waals surface area (Å²) in [6, 6.07) is 11.4. The summed E-state index contributed by atoms with van der Waals surface area (Å²) >= 11 is 1.13. The fourth-order valence-corrected chi connectivity index (χ4v) is 4.29. The van der Waals surface area contributed by atoms with Crippen molar-refractivity contribution in [2.24, 2.45) is 0 Å². The number of halogens is 3. The lowest BCUT2D eigenvalue weighted by atomic mass is 10.1. The van der Waals surface area contributed by atoms with Crippen LogP contribution in [0.3, 0.4) is 0 Å². The van der Waals surface area contributed by atoms with E-state index in [1.807, 2.05) is 35.2 Å². The van der Waals surface area contributed by atoms with Crippen molar-refractivity contribution in [1.82, 2.24) is 15.1 Å². The summed E-state index contributed by atoms with van der Waals surface area (Å²) in [5.41, 5.74) is -0.778. The third-order valence-electron chi connectivity index (χ3n) is 5.48. The first-order valence-electron chi connectivity index (χ1n) is 10.8. The minimum absolute atomic E-state index is 0.0659. The van der Waals surface area contributed by atoms with Crippen molar-refractivity contribution in [3.63, 3.8) is 0 Å². The van der Waals surface area contributed by atoms with Crippen molar-refractivity contribution >= 4 is 34.0 Å². The molecule has 0 radical (unpaired) electrons. The van der Waals surface area contributed by atoms with E-state index in [1.165, 1.54) is 0 Å². The van der Waals surface area contributed by atoms with Crippen LogP contribution in [0, 0.1) is 0 Å². The zero-order chi connectivity index (χ0) is 25.0. The summed E-state index contributed by atoms with van der Waals surface area (Å²) in [4.78, 5) is 27.3. The lowest BCUT2D eigenvalue weighted by Crippen LogP contribution is -2.47. The first-order valence-corrected chi connectivity index (χ1v) is 11.6. The molecule has 1 fully saturated rings. The molecule has 0 spiro atoms. The minimum atomic E-state index is -4.72. The van der Waals surface area contributed by atoms with E-state index in [-0.39, 0.29) is 10.7 Å². The molecule has 1 unspecified atom stereocenters. The Labute approximate surface area is 203 Å². The van der Waals surface area contributed by atoms with Gasteiger partial charge in [-0.3, -0.25) is 19.8 Å². The van der Waals surface area contributed by atoms with Crippen LogP contribution in [0.2, 0.25) is 0 Å². The highest BCUT2D eigenvalue weighted by Gasteiger charge is 2.35. The van der Waals surface area contributed by atoms with Gasteiger partial charge in [-0.1, -0.05) is 41.7 Å². The van der Waals surface area contributed by atoms with Crippen molar-refractivity contribution in [3.05, 3.63) is 59.7 Å². The van der Waals surface area contributed by atoms with Gasteiger partial charge in [0, 0.05) is 24.2 Å². The van der Waals surface area contributed by atoms with E-state index in [0.717, 1.165) is 35.1 Å². The maximum Gasteiger partial charge on any atom is 0.418 e. The van der Waals surface area contributed by atoms with E-state index < -0.39 is 35.3 Å². The molecule has 35 heavy (non-hydrogen) atoms. The van der Waals surface area contributed by atoms with Gasteiger partial charge in [-0.15, -0.1) is 10.2 Å². The number of amides is 2. The number of hydrogen-bond acceptors (Lipinski definition) is 7. The highest BCUT2D eigenvalue weighted by atomic mass is 32.1. The molecule has 2 N–H and O–H groups in total. The van der Waals surface area contributed by atoms with Crippen molar-refractivity contribution in [2.45, 2.75) is 19.1 Å². The number of aromatic nitrogens is 2. The minimum Gasteiger partial charge on any atom is -0.379 e. The summed E-state index contributed by atoms with van der Waals surface area (Å²) in [7, 11) is 0. The van der Waals surface area contributed by atoms with E-state index in [4.69, 9.17) is 4.74 Å². The molecule has 0 aliphatic carbocycles. The molecule has 3 aromatic rings. The monoisotopic (exact) mass is 505 g/mol. The average molecular weight is 506 g/mol. The maximum atomic E-state index is 13.6. The second-order valence-electron chi connectivity index (χ2n) is 7.80. The SMILES string of the molecule is CC(C(=O)Nc1cc(C(=O)Nc2nnc(-c3ccccc3)s2)ccc1C(F)(F)F)N1CCOCC1. The molecule has 4 rings (SSSR count). The smallest absolute Gasteiger partial charge is 0.379 e. The Hall–Kier alpha value is -3.35. The molecule has 1 aliphatic heterocycles. The van der Waals surface area contributed by atoms with E-state index in [1.54, 1.807) is 6.92 Å². The Morgan fingerprint density at radius 3 is 2.46 bits per heavy atom. The Bertz CT molecular complexity index is 1200. The van der Waals surface area contributed by atoms with Crippen molar-refractivity contribution in [2.75, 3.05) is 36.9 Å². The normalized spacial score (nSPS) is 15.4. The van der Waals surface area contributed by atoms with Crippen LogP contribution in [-0.4, -0.2) is 59.3 Å². The molecule has 8 nitrogen and oxygen atoms in total. The van der Waals surface area contributed by atoms with Gasteiger partial charge >= 0.3 is 6.18 Å². The molecule has 0 bridgehead atoms. The van der Waals surface area contributed by atoms with E-state index in [2.05, 4.69) is 20.8 Å². The molecular weight excluding hydrogens is 483 g/mol. The van der Waals surface area contributed by atoms with Gasteiger partial charge in [-0.05, 0) is 25.1 Å². The number of morpholine rings is 1. The van der Waals surface area contributed by atoms with Crippen LogP contribution in [0.5, 0.6) is 0 Å². The zero-order valence-electron chi connectivity index (χ0n) is 18.6. The van der Waals surface area contributed by atoms with Crippen LogP contribution < -0.4 is 10.6 Å². The number of carbonyl (C=O) groups excluding carboxylic acids is 2. The van der Waals surface area contributed by atoms with Gasteiger partial charge in [0.15, 0.2) is 0 Å². The number of anilines is 2. The van der Waals surface area contributed by atoms with Gasteiger partial charge in [0.25, 0.3) is 5.91 Å². The largest absolute Gasteiger partial charge is 0.418 e. The number of rotatable bonds is 6. The van der Waals surface area contributed by atoms with Gasteiger partial charge < -0.3 is 10.1 Å². The molecule has 1 atom stereocenters. The molecule has 1 aromatic heterocycles. The third kappa shape index (κ3) is 6.02. The van der Waals surface area contributed by atoms with Gasteiger partial charge in [-0.2, -0.15) is 13.2 Å². The van der Waals surface area contributed by atoms with Crippen LogP contribution in [0.15, 0.2) is 48.5 Å². The highest BCUT2D eigenvalue weighted by molar-refractivity contribution is 7.18. The summed E-state index contributed by atoms with van der Waals surface area (Å²) < 4.78 is 46.1. The molecule has 2 aromatic carbocycles. The zero-order valence-corrected chi connectivity index (χ0v) is 19.4. The van der Waals surface area contributed by atoms with Crippen LogP contribution in [0.4, 0.5) is 24.0 Å². The second kappa shape index (κ2) is 10.5. The van der Waals surface area contributed by atoms with Gasteiger partial charge in [0.1, 0.15) is 5.01 Å². The van der Waals surface area contributed by atoms with Crippen LogP contribution in [-0.2, 0) is 15.7 Å². The average Bonchev–Trinajstić information content (AvgIpc) is 3.32. The fraction of sp³-hybridized carbons (Fsp3) is 0.304. The standard InChI is InChI=1S/C23H22F3N5O3S/c1-14(31-9-11-34-12-10-31)19(32)27-18-13-16(7-8-17(18)23(24,25)26)20(33)28-22-30-29-21(35-22)15-5-3-2-4-6-15/h2-8,13-14H,9-12H2,1H3,(H,27,32)(H,28,30,33). The summed E-state index contributed by atoms with van der Waals surface area (Å²) in [5, 5.41) is 13.6. The topological polar surface area (TPSA) is 96.5 Å². The van der Waals surface area contributed by atoms with Gasteiger partial charge in [0.05, 0.1) is 30.5 Å². The number of carbonyl (C=O) groups is 2. The summed E-state index contributed by atoms with van der Waals surface area (Å²) in [5.74, 6) is -1.28. The lowest BCUT2D eigenvalue weighted by molar-refractivity contribution is -0.137. The number of nitrogens with zero attached hydrogens (tertiary/aromatic N) is 3. The molecule has 1 aliphatic rings. The number of alkyl halides is 3. The number of ether oxygens (including phenoxy) is 1. The third-order valence-corrected chi connectivity index (χ3v) is 6.37. The predicted molar refractivity (Wildman–Crippen MR) is 125 cm³/mol. The van der Waals surface area contributed by atoms with E-state index in [0.29, 0.717) is 31.3 Å². The Morgan fingerprint density at radius 1 is 1.06 bits per heavy atom. The molecule has 1 saturated heterocycles. The summed E-state index contributed by atoms with van der Waals surface area (Å²) in [6.45, 7) is 3.49. The molecule has 12 heteroatoms. The van der Waals surface area contributed by atoms with Crippen LogP contribution >= 0.6 is 11.3 Å². The number of benzene rings is 2. The first-order chi connectivity index (χ1) is 16.7. The summed E-state index contributed by atoms with van der Waals surface area (Å²) in [6.07, 6.45) is -4.72. The Balaban J connectivity index is 1.52. The molecule has 184 valence electrons. The Kier molecular flexibility index (Phi) is 7.43. The first kappa shape index (κ1) is 24.8. The second-order valence-corrected chi connectivity index (χ2v) is 8.78. The van der Waals surface area contributed by atoms with Crippen LogP contribution in [0.1, 0.15) is 22.8 Å². The lowest BCUT2D eigenvalue weighted by Gasteiger charge is -2.31. The molecule has 2 amide bonds. The number of nitrogens with one attached hydrogen (secondary N) is 2. The quantitative estimate of drug-likeness (QED) is 0.523. The van der Waals surface area contributed by atoms with Crippen LogP contribution in [0.25, 0.3) is 10.6 Å². The van der Waals surface area contributed by atoms with Gasteiger partial charge in [-0.25, -0.2) is 0 Å². The molecule has 2 heterocycles. The number of hydrogen-bond donors (Lipinski definition) is 2. The maximum absolute atomic E-state index is 13.6. The van der Waals surface area contributed by atoms with E-state index >= 15 is 0 Å². The molecule has 0 saturated carbocycles. The fourth-order valence-electron chi connectivity index (χ4n) is 3.54. The van der Waals surface area contributed by atoms with E-state index in [9.17, 15) is 22.8 Å². The van der Waals surface area contributed by atoms with Gasteiger partial charge in [0.2, 0.25) is 11.0 Å². The van der Waals surface area contributed by atoms with Crippen molar-refractivity contribution < 1.29 is 27.5 Å². The Morgan fingerprint density at radius 2 is 1.77 bits per heavy atom. The highest BCUT2D eigenvalue weighted by Crippen LogP contribution is 2.36.